The van der Waals surface area contributed by atoms with Crippen molar-refractivity contribution in [3.05, 3.63) is 69.7 Å². The highest BCUT2D eigenvalue weighted by atomic mass is 35.5. The second-order valence-electron chi connectivity index (χ2n) is 6.01. The number of hydrogen-bond donors (Lipinski definition) is 2. The van der Waals surface area contributed by atoms with Crippen molar-refractivity contribution in [1.29, 1.82) is 0 Å². The van der Waals surface area contributed by atoms with E-state index in [2.05, 4.69) is 15.6 Å². The maximum Gasteiger partial charge on any atom is 0.257 e. The van der Waals surface area contributed by atoms with Crippen molar-refractivity contribution < 1.29 is 14.3 Å². The summed E-state index contributed by atoms with van der Waals surface area (Å²) in [5.74, 6) is 0.195. The number of benzene rings is 2. The lowest BCUT2D eigenvalue weighted by atomic mass is 10.2. The van der Waals surface area contributed by atoms with E-state index < -0.39 is 0 Å². The van der Waals surface area contributed by atoms with Crippen molar-refractivity contribution in [2.24, 2.45) is 0 Å². The van der Waals surface area contributed by atoms with Gasteiger partial charge in [-0.25, -0.2) is 4.98 Å². The maximum absolute atomic E-state index is 12.3. The molecular weight excluding hydrogens is 398 g/mol. The minimum absolute atomic E-state index is 0.0981. The molecular formula is C20H18ClN3O3S. The Bertz CT molecular complexity index is 1000. The average Bonchev–Trinajstić information content (AvgIpc) is 3.11. The van der Waals surface area contributed by atoms with Crippen molar-refractivity contribution in [1.82, 2.24) is 4.98 Å². The fourth-order valence-corrected chi connectivity index (χ4v) is 3.32. The number of ether oxygens (including phenoxy) is 1. The Kier molecular flexibility index (Phi) is 6.28. The summed E-state index contributed by atoms with van der Waals surface area (Å²) in [6, 6.07) is 12.1. The molecule has 0 spiro atoms. The fraction of sp³-hybridized carbons (Fsp3) is 0.150. The van der Waals surface area contributed by atoms with E-state index in [1.54, 1.807) is 48.9 Å². The Morgan fingerprint density at radius 2 is 1.89 bits per heavy atom. The number of amides is 2. The number of carbonyl (C=O) groups excluding carboxylic acids is 2. The van der Waals surface area contributed by atoms with Gasteiger partial charge >= 0.3 is 0 Å². The first-order chi connectivity index (χ1) is 13.4. The number of aromatic nitrogens is 1. The SMILES string of the molecule is COc1ccc(C(=O)Nc2nc(CC(=O)Nc3cc(Cl)ccc3C)cs2)cc1. The van der Waals surface area contributed by atoms with E-state index in [0.29, 0.717) is 32.8 Å². The lowest BCUT2D eigenvalue weighted by Gasteiger charge is -2.08. The van der Waals surface area contributed by atoms with Gasteiger partial charge in [-0.1, -0.05) is 17.7 Å². The monoisotopic (exact) mass is 415 g/mol. The molecule has 1 aromatic heterocycles. The summed E-state index contributed by atoms with van der Waals surface area (Å²) in [6.07, 6.45) is 0.0981. The summed E-state index contributed by atoms with van der Waals surface area (Å²) in [5, 5.41) is 8.29. The van der Waals surface area contributed by atoms with Crippen LogP contribution in [0.4, 0.5) is 10.8 Å². The highest BCUT2D eigenvalue weighted by Crippen LogP contribution is 2.21. The third-order valence-corrected chi connectivity index (χ3v) is 4.98. The molecule has 1 heterocycles. The first kappa shape index (κ1) is 19.9. The number of halogens is 1. The van der Waals surface area contributed by atoms with Gasteiger partial charge in [0.1, 0.15) is 5.75 Å². The van der Waals surface area contributed by atoms with Gasteiger partial charge in [0.25, 0.3) is 5.91 Å². The smallest absolute Gasteiger partial charge is 0.257 e. The topological polar surface area (TPSA) is 80.3 Å². The second-order valence-corrected chi connectivity index (χ2v) is 7.31. The molecule has 6 nitrogen and oxygen atoms in total. The molecule has 28 heavy (non-hydrogen) atoms. The molecule has 0 saturated carbocycles. The Labute approximate surface area is 171 Å². The van der Waals surface area contributed by atoms with Crippen LogP contribution in [0.2, 0.25) is 5.02 Å². The molecule has 0 fully saturated rings. The number of hydrogen-bond acceptors (Lipinski definition) is 5. The van der Waals surface area contributed by atoms with Crippen LogP contribution in [0.1, 0.15) is 21.6 Å². The molecule has 0 aliphatic rings. The highest BCUT2D eigenvalue weighted by Gasteiger charge is 2.12. The molecule has 0 radical (unpaired) electrons. The average molecular weight is 416 g/mol. The van der Waals surface area contributed by atoms with Gasteiger partial charge in [0.2, 0.25) is 5.91 Å². The zero-order chi connectivity index (χ0) is 20.1. The van der Waals surface area contributed by atoms with E-state index in [1.807, 2.05) is 13.0 Å². The van der Waals surface area contributed by atoms with E-state index in [1.165, 1.54) is 11.3 Å². The van der Waals surface area contributed by atoms with Crippen LogP contribution >= 0.6 is 22.9 Å². The number of carbonyl (C=O) groups is 2. The fourth-order valence-electron chi connectivity index (χ4n) is 2.45. The van der Waals surface area contributed by atoms with Gasteiger partial charge in [-0.2, -0.15) is 0 Å². The number of nitrogens with one attached hydrogen (secondary N) is 2. The third-order valence-electron chi connectivity index (χ3n) is 3.94. The van der Waals surface area contributed by atoms with E-state index in [-0.39, 0.29) is 18.2 Å². The summed E-state index contributed by atoms with van der Waals surface area (Å²) < 4.78 is 5.08. The van der Waals surface area contributed by atoms with Crippen LogP contribution < -0.4 is 15.4 Å². The minimum Gasteiger partial charge on any atom is -0.497 e. The molecule has 2 N–H and O–H groups in total. The van der Waals surface area contributed by atoms with Crippen molar-refractivity contribution in [3.63, 3.8) is 0 Å². The maximum atomic E-state index is 12.3. The standard InChI is InChI=1S/C20H18ClN3O3S/c1-12-3-6-14(21)9-17(12)23-18(25)10-15-11-28-20(22-15)24-19(26)13-4-7-16(27-2)8-5-13/h3-9,11H,10H2,1-2H3,(H,23,25)(H,22,24,26). The predicted molar refractivity (Wildman–Crippen MR) is 112 cm³/mol. The molecule has 0 aliphatic carbocycles. The summed E-state index contributed by atoms with van der Waals surface area (Å²) >= 11 is 7.24. The molecule has 2 aromatic carbocycles. The van der Waals surface area contributed by atoms with Gasteiger partial charge in [-0.3, -0.25) is 14.9 Å². The van der Waals surface area contributed by atoms with Crippen LogP contribution in [0.3, 0.4) is 0 Å². The van der Waals surface area contributed by atoms with Crippen LogP contribution in [0.25, 0.3) is 0 Å². The molecule has 144 valence electrons. The van der Waals surface area contributed by atoms with Crippen LogP contribution in [0, 0.1) is 6.92 Å². The van der Waals surface area contributed by atoms with Crippen molar-refractivity contribution in [3.8, 4) is 5.75 Å². The highest BCUT2D eigenvalue weighted by molar-refractivity contribution is 7.14. The molecule has 0 atom stereocenters. The number of nitrogens with zero attached hydrogens (tertiary/aromatic N) is 1. The van der Waals surface area contributed by atoms with Gasteiger partial charge in [0.15, 0.2) is 5.13 Å². The molecule has 8 heteroatoms. The molecule has 3 aromatic rings. The van der Waals surface area contributed by atoms with E-state index in [4.69, 9.17) is 16.3 Å². The normalized spacial score (nSPS) is 10.4. The van der Waals surface area contributed by atoms with E-state index in [0.717, 1.165) is 5.56 Å². The molecule has 2 amide bonds. The second kappa shape index (κ2) is 8.86. The number of anilines is 2. The predicted octanol–water partition coefficient (Wildman–Crippen LogP) is 4.55. The summed E-state index contributed by atoms with van der Waals surface area (Å²) in [5.41, 5.74) is 2.66. The summed E-state index contributed by atoms with van der Waals surface area (Å²) in [6.45, 7) is 1.89. The van der Waals surface area contributed by atoms with Gasteiger partial charge in [0.05, 0.1) is 19.2 Å². The quantitative estimate of drug-likeness (QED) is 0.619. The van der Waals surface area contributed by atoms with Crippen LogP contribution in [0.5, 0.6) is 5.75 Å². The molecule has 0 saturated heterocycles. The first-order valence-corrected chi connectivity index (χ1v) is 9.66. The zero-order valence-corrected chi connectivity index (χ0v) is 16.9. The van der Waals surface area contributed by atoms with Crippen molar-refractivity contribution in [2.75, 3.05) is 17.7 Å². The molecule has 0 aliphatic heterocycles. The van der Waals surface area contributed by atoms with Crippen LogP contribution in [0.15, 0.2) is 47.8 Å². The Morgan fingerprint density at radius 1 is 1.14 bits per heavy atom. The van der Waals surface area contributed by atoms with Crippen LogP contribution in [-0.2, 0) is 11.2 Å². The Morgan fingerprint density at radius 3 is 2.61 bits per heavy atom. The number of methoxy groups -OCH3 is 1. The van der Waals surface area contributed by atoms with Gasteiger partial charge in [-0.15, -0.1) is 11.3 Å². The molecule has 3 rings (SSSR count). The minimum atomic E-state index is -0.275. The van der Waals surface area contributed by atoms with E-state index in [9.17, 15) is 9.59 Å². The van der Waals surface area contributed by atoms with Gasteiger partial charge < -0.3 is 10.1 Å². The van der Waals surface area contributed by atoms with Gasteiger partial charge in [-0.05, 0) is 48.9 Å². The van der Waals surface area contributed by atoms with Crippen LogP contribution in [-0.4, -0.2) is 23.9 Å². The Hall–Kier alpha value is -2.90. The van der Waals surface area contributed by atoms with E-state index >= 15 is 0 Å². The lowest BCUT2D eigenvalue weighted by molar-refractivity contribution is -0.115. The number of rotatable bonds is 6. The summed E-state index contributed by atoms with van der Waals surface area (Å²) in [7, 11) is 1.57. The number of thiazole rings is 1. The zero-order valence-electron chi connectivity index (χ0n) is 15.3. The summed E-state index contributed by atoms with van der Waals surface area (Å²) in [4.78, 5) is 28.9. The molecule has 0 bridgehead atoms. The van der Waals surface area contributed by atoms with Crippen molar-refractivity contribution in [2.45, 2.75) is 13.3 Å². The van der Waals surface area contributed by atoms with Crippen molar-refractivity contribution >= 4 is 45.6 Å². The lowest BCUT2D eigenvalue weighted by Crippen LogP contribution is -2.15. The first-order valence-electron chi connectivity index (χ1n) is 8.40. The molecule has 0 unspecified atom stereocenters. The largest absolute Gasteiger partial charge is 0.497 e. The van der Waals surface area contributed by atoms with Gasteiger partial charge in [0, 0.05) is 21.7 Å². The Balaban J connectivity index is 1.59. The third kappa shape index (κ3) is 5.09. The number of aryl methyl sites for hydroxylation is 1.